The van der Waals surface area contributed by atoms with E-state index >= 15 is 4.39 Å². The van der Waals surface area contributed by atoms with Crippen LogP contribution in [0.2, 0.25) is 0 Å². The maximum atomic E-state index is 16.7. The molecule has 12 rings (SSSR count). The predicted molar refractivity (Wildman–Crippen MR) is 70.1 cm³/mol. The van der Waals surface area contributed by atoms with Crippen LogP contribution in [0, 0.1) is 112 Å². The summed E-state index contributed by atoms with van der Waals surface area (Å²) >= 11 is 0. The van der Waals surface area contributed by atoms with Gasteiger partial charge < -0.3 is 0 Å². The first kappa shape index (κ1) is 8.69. The van der Waals surface area contributed by atoms with Crippen molar-refractivity contribution in [3.63, 3.8) is 0 Å². The summed E-state index contributed by atoms with van der Waals surface area (Å²) in [4.78, 5) is 0. The number of rotatable bonds is 0. The second-order valence-corrected chi connectivity index (χ2v) is 11.6. The van der Waals surface area contributed by atoms with Crippen LogP contribution >= 0.6 is 0 Å². The molecule has 1 heteroatoms. The Hall–Kier alpha value is -0.0700. The molecule has 0 aromatic rings. The summed E-state index contributed by atoms with van der Waals surface area (Å²) in [6.45, 7) is 0. The van der Waals surface area contributed by atoms with Gasteiger partial charge in [0.25, 0.3) is 0 Å². The lowest BCUT2D eigenvalue weighted by Crippen LogP contribution is -2.38. The Morgan fingerprint density at radius 2 is 0.524 bits per heavy atom. The molecule has 106 valence electrons. The second-order valence-electron chi connectivity index (χ2n) is 11.6. The Balaban J connectivity index is 1.49. The van der Waals surface area contributed by atoms with Crippen LogP contribution in [0.1, 0.15) is 0 Å². The van der Waals surface area contributed by atoms with Crippen LogP contribution in [0.25, 0.3) is 0 Å². The van der Waals surface area contributed by atoms with E-state index < -0.39 is 5.67 Å². The minimum absolute atomic E-state index is 0.599. The topological polar surface area (TPSA) is 0 Å². The van der Waals surface area contributed by atoms with Crippen molar-refractivity contribution >= 4 is 0 Å². The van der Waals surface area contributed by atoms with Gasteiger partial charge in [0.15, 0.2) is 0 Å². The molecular formula is C20H19F. The van der Waals surface area contributed by atoms with E-state index in [9.17, 15) is 0 Å². The number of hydrogen-bond donors (Lipinski definition) is 0. The average molecular weight is 278 g/mol. The second kappa shape index (κ2) is 1.80. The van der Waals surface area contributed by atoms with Crippen molar-refractivity contribution < 1.29 is 4.39 Å². The zero-order valence-corrected chi connectivity index (χ0v) is 11.8. The van der Waals surface area contributed by atoms with Crippen molar-refractivity contribution in [2.45, 2.75) is 5.67 Å². The molecule has 12 fully saturated rings. The van der Waals surface area contributed by atoms with Gasteiger partial charge in [-0.1, -0.05) is 0 Å². The molecule has 0 bridgehead atoms. The number of halogens is 1. The molecule has 0 spiro atoms. The van der Waals surface area contributed by atoms with Gasteiger partial charge >= 0.3 is 0 Å². The molecule has 0 aromatic carbocycles. The van der Waals surface area contributed by atoms with E-state index in [1.54, 1.807) is 0 Å². The summed E-state index contributed by atoms with van der Waals surface area (Å²) in [6, 6.07) is 0. The van der Waals surface area contributed by atoms with E-state index in [0.717, 1.165) is 88.8 Å². The van der Waals surface area contributed by atoms with Crippen LogP contribution in [0.3, 0.4) is 0 Å². The highest BCUT2D eigenvalue weighted by Crippen LogP contribution is 3.03. The molecule has 0 radical (unpaired) electrons. The van der Waals surface area contributed by atoms with Crippen LogP contribution in [-0.4, -0.2) is 5.67 Å². The lowest BCUT2D eigenvalue weighted by Gasteiger charge is -2.32. The van der Waals surface area contributed by atoms with Crippen molar-refractivity contribution in [2.24, 2.45) is 112 Å². The Labute approximate surface area is 123 Å². The van der Waals surface area contributed by atoms with Crippen LogP contribution < -0.4 is 0 Å². The van der Waals surface area contributed by atoms with E-state index in [-0.39, 0.29) is 0 Å². The smallest absolute Gasteiger partial charge is 0.121 e. The normalized spacial score (nSPS) is 107. The Kier molecular flexibility index (Phi) is 0.746. The van der Waals surface area contributed by atoms with E-state index in [1.165, 1.54) is 5.92 Å². The highest BCUT2D eigenvalue weighted by Gasteiger charge is 3.02. The Morgan fingerprint density at radius 1 is 0.333 bits per heavy atom. The predicted octanol–water partition coefficient (Wildman–Crippen LogP) is 2.55. The molecule has 12 atom stereocenters. The summed E-state index contributed by atoms with van der Waals surface area (Å²) in [6.07, 6.45) is 0. The first-order valence-corrected chi connectivity index (χ1v) is 10.1. The first-order chi connectivity index (χ1) is 10.4. The van der Waals surface area contributed by atoms with Gasteiger partial charge in [0.1, 0.15) is 5.67 Å². The largest absolute Gasteiger partial charge is 0.243 e. The fourth-order valence-corrected chi connectivity index (χ4v) is 15.3. The summed E-state index contributed by atoms with van der Waals surface area (Å²) in [5.41, 5.74) is -0.599. The minimum atomic E-state index is -0.599. The van der Waals surface area contributed by atoms with E-state index in [1.807, 2.05) is 0 Å². The Bertz CT molecular complexity index is 611. The highest BCUT2D eigenvalue weighted by molar-refractivity contribution is 5.48. The standard InChI is InChI=1S/C20H19F/c21-20-17-11-5-2-1-3-7(5)13(17)15-9(3)10-4(1)8-6(2)12(11)18(20)14(8)16(10)19(15)20/h1-19H. The summed E-state index contributed by atoms with van der Waals surface area (Å²) < 4.78 is 16.7. The molecule has 0 N–H and O–H groups in total. The highest BCUT2D eigenvalue weighted by atomic mass is 19.1. The lowest BCUT2D eigenvalue weighted by atomic mass is 9.76. The monoisotopic (exact) mass is 278 g/mol. The van der Waals surface area contributed by atoms with Gasteiger partial charge in [-0.25, -0.2) is 4.39 Å². The van der Waals surface area contributed by atoms with Crippen molar-refractivity contribution in [2.75, 3.05) is 0 Å². The molecule has 12 saturated carbocycles. The maximum Gasteiger partial charge on any atom is 0.121 e. The Morgan fingerprint density at radius 3 is 0.762 bits per heavy atom. The summed E-state index contributed by atoms with van der Waals surface area (Å²) in [7, 11) is 0. The van der Waals surface area contributed by atoms with E-state index in [0.29, 0.717) is 17.8 Å². The van der Waals surface area contributed by atoms with Crippen molar-refractivity contribution in [1.82, 2.24) is 0 Å². The van der Waals surface area contributed by atoms with Gasteiger partial charge in [0, 0.05) is 17.8 Å². The SMILES string of the molecule is FC12C3C4C5C6C7C8C5C3C3C8C5C7C7C6C4C1C7C5C32. The molecular weight excluding hydrogens is 259 g/mol. The molecule has 0 saturated heterocycles. The third-order valence-corrected chi connectivity index (χ3v) is 13.4. The average Bonchev–Trinajstić information content (AvgIpc) is 3.10. The molecule has 0 aromatic heterocycles. The van der Waals surface area contributed by atoms with Crippen LogP contribution in [0.5, 0.6) is 0 Å². The van der Waals surface area contributed by atoms with Crippen molar-refractivity contribution in [3.05, 3.63) is 0 Å². The molecule has 12 aliphatic rings. The minimum Gasteiger partial charge on any atom is -0.243 e. The fourth-order valence-electron chi connectivity index (χ4n) is 15.3. The molecule has 12 aliphatic carbocycles. The summed E-state index contributed by atoms with van der Waals surface area (Å²) in [5.74, 6) is 18.5. The molecule has 0 nitrogen and oxygen atoms in total. The molecule has 12 unspecified atom stereocenters. The zero-order valence-electron chi connectivity index (χ0n) is 11.8. The van der Waals surface area contributed by atoms with Gasteiger partial charge in [0.2, 0.25) is 0 Å². The maximum absolute atomic E-state index is 16.7. The van der Waals surface area contributed by atoms with E-state index in [2.05, 4.69) is 0 Å². The van der Waals surface area contributed by atoms with Gasteiger partial charge in [-0.2, -0.15) is 0 Å². The third kappa shape index (κ3) is 0.404. The molecule has 21 heavy (non-hydrogen) atoms. The number of alkyl halides is 1. The van der Waals surface area contributed by atoms with Gasteiger partial charge in [-0.15, -0.1) is 0 Å². The van der Waals surface area contributed by atoms with Crippen LogP contribution in [-0.2, 0) is 0 Å². The quantitative estimate of drug-likeness (QED) is 0.639. The summed E-state index contributed by atoms with van der Waals surface area (Å²) in [5, 5.41) is 0. The third-order valence-electron chi connectivity index (χ3n) is 13.4. The molecule has 0 aliphatic heterocycles. The van der Waals surface area contributed by atoms with Gasteiger partial charge in [-0.05, 0) is 94.7 Å². The van der Waals surface area contributed by atoms with Gasteiger partial charge in [0.05, 0.1) is 0 Å². The lowest BCUT2D eigenvalue weighted by molar-refractivity contribution is 0.0308. The van der Waals surface area contributed by atoms with Crippen LogP contribution in [0.4, 0.5) is 4.39 Å². The van der Waals surface area contributed by atoms with Gasteiger partial charge in [-0.3, -0.25) is 0 Å². The molecule has 0 heterocycles. The van der Waals surface area contributed by atoms with Crippen molar-refractivity contribution in [3.8, 4) is 0 Å². The van der Waals surface area contributed by atoms with E-state index in [4.69, 9.17) is 0 Å². The fraction of sp³-hybridized carbons (Fsp3) is 1.00. The zero-order chi connectivity index (χ0) is 12.5. The van der Waals surface area contributed by atoms with Crippen LogP contribution in [0.15, 0.2) is 0 Å². The van der Waals surface area contributed by atoms with Crippen molar-refractivity contribution in [1.29, 1.82) is 0 Å². The molecule has 0 amide bonds. The first-order valence-electron chi connectivity index (χ1n) is 10.1. The number of hydrogen-bond acceptors (Lipinski definition) is 0.